The summed E-state index contributed by atoms with van der Waals surface area (Å²) in [5, 5.41) is 15.7. The van der Waals surface area contributed by atoms with Crippen molar-refractivity contribution in [3.8, 4) is 0 Å². The minimum absolute atomic E-state index is 0.504. The van der Waals surface area contributed by atoms with Gasteiger partial charge in [-0.2, -0.15) is 10.2 Å². The van der Waals surface area contributed by atoms with Crippen LogP contribution >= 0.6 is 24.4 Å². The summed E-state index contributed by atoms with van der Waals surface area (Å²) in [4.78, 5) is 2.38. The maximum atomic E-state index is 5.23. The van der Waals surface area contributed by atoms with Gasteiger partial charge in [-0.15, -0.1) is 0 Å². The summed E-state index contributed by atoms with van der Waals surface area (Å²) in [6, 6.07) is 0. The summed E-state index contributed by atoms with van der Waals surface area (Å²) in [6.07, 6.45) is 1.04. The molecule has 0 aliphatic heterocycles. The molecule has 0 aromatic rings. The molecule has 0 saturated heterocycles. The first-order valence-corrected chi connectivity index (χ1v) is 10.0. The normalized spacial score (nSPS) is 12.3. The van der Waals surface area contributed by atoms with E-state index in [4.69, 9.17) is 24.4 Å². The van der Waals surface area contributed by atoms with Gasteiger partial charge in [0, 0.05) is 13.1 Å². The van der Waals surface area contributed by atoms with Gasteiger partial charge in [-0.3, -0.25) is 10.9 Å². The van der Waals surface area contributed by atoms with Crippen molar-refractivity contribution < 1.29 is 0 Å². The second kappa shape index (κ2) is 14.8. The first-order chi connectivity index (χ1) is 12.3. The third-order valence-corrected chi connectivity index (χ3v) is 4.15. The zero-order valence-electron chi connectivity index (χ0n) is 17.0. The topological polar surface area (TPSA) is 76.1 Å². The van der Waals surface area contributed by atoms with Gasteiger partial charge in [0.2, 0.25) is 0 Å². The second-order valence-corrected chi connectivity index (χ2v) is 7.17. The summed E-state index contributed by atoms with van der Waals surface area (Å²) in [5.74, 6) is 0.521. The minimum atomic E-state index is 0.504. The Balaban J connectivity index is 4.14. The molecular formula is C17H35N7S2. The molecule has 0 unspecified atom stereocenters. The number of rotatable bonds is 11. The Labute approximate surface area is 169 Å². The fourth-order valence-electron chi connectivity index (χ4n) is 1.85. The SMILES string of the molecule is CCN(CC)CCCNC(=S)N/N=C(C)\C(C)=N/NC(=S)NCC(C)C. The molecule has 0 aromatic carbocycles. The van der Waals surface area contributed by atoms with Gasteiger partial charge in [-0.05, 0) is 70.3 Å². The molecule has 0 heterocycles. The first-order valence-electron chi connectivity index (χ1n) is 9.19. The van der Waals surface area contributed by atoms with E-state index in [0.717, 1.165) is 50.6 Å². The number of hydrazone groups is 2. The molecule has 0 aliphatic carbocycles. The van der Waals surface area contributed by atoms with E-state index < -0.39 is 0 Å². The molecule has 0 spiro atoms. The highest BCUT2D eigenvalue weighted by molar-refractivity contribution is 7.80. The molecule has 0 radical (unpaired) electrons. The lowest BCUT2D eigenvalue weighted by atomic mass is 10.2. The van der Waals surface area contributed by atoms with Crippen molar-refractivity contribution in [2.45, 2.75) is 48.0 Å². The predicted molar refractivity (Wildman–Crippen MR) is 121 cm³/mol. The van der Waals surface area contributed by atoms with Crippen LogP contribution in [0.1, 0.15) is 48.0 Å². The second-order valence-electron chi connectivity index (χ2n) is 6.36. The molecule has 0 bridgehead atoms. The van der Waals surface area contributed by atoms with Crippen molar-refractivity contribution >= 4 is 46.1 Å². The van der Waals surface area contributed by atoms with Crippen LogP contribution in [0.2, 0.25) is 0 Å². The maximum Gasteiger partial charge on any atom is 0.186 e. The molecular weight excluding hydrogens is 366 g/mol. The maximum absolute atomic E-state index is 5.23. The summed E-state index contributed by atoms with van der Waals surface area (Å²) in [5.41, 5.74) is 7.13. The minimum Gasteiger partial charge on any atom is -0.361 e. The highest BCUT2D eigenvalue weighted by Gasteiger charge is 2.01. The molecule has 0 fully saturated rings. The van der Waals surface area contributed by atoms with Crippen molar-refractivity contribution in [1.82, 2.24) is 26.4 Å². The summed E-state index contributed by atoms with van der Waals surface area (Å²) < 4.78 is 0. The lowest BCUT2D eigenvalue weighted by Crippen LogP contribution is -2.36. The zero-order valence-corrected chi connectivity index (χ0v) is 18.6. The summed E-state index contributed by atoms with van der Waals surface area (Å²) >= 11 is 10.4. The molecule has 0 aliphatic rings. The van der Waals surface area contributed by atoms with Crippen LogP contribution in [0.4, 0.5) is 0 Å². The zero-order chi connectivity index (χ0) is 19.9. The van der Waals surface area contributed by atoms with Crippen molar-refractivity contribution in [3.63, 3.8) is 0 Å². The lowest BCUT2D eigenvalue weighted by molar-refractivity contribution is 0.300. The summed E-state index contributed by atoms with van der Waals surface area (Å²) in [6.45, 7) is 17.1. The Hall–Kier alpha value is -1.32. The average Bonchev–Trinajstić information content (AvgIpc) is 2.62. The number of thiocarbonyl (C=S) groups is 2. The fourth-order valence-corrected chi connectivity index (χ4v) is 2.13. The molecule has 0 aromatic heterocycles. The van der Waals surface area contributed by atoms with E-state index in [1.807, 2.05) is 13.8 Å². The lowest BCUT2D eigenvalue weighted by Gasteiger charge is -2.17. The van der Waals surface area contributed by atoms with Crippen LogP contribution in [0.3, 0.4) is 0 Å². The van der Waals surface area contributed by atoms with Crippen molar-refractivity contribution in [1.29, 1.82) is 0 Å². The third-order valence-electron chi connectivity index (χ3n) is 3.68. The monoisotopic (exact) mass is 401 g/mol. The first kappa shape index (κ1) is 24.7. The van der Waals surface area contributed by atoms with Crippen LogP contribution in [0.5, 0.6) is 0 Å². The Morgan fingerprint density at radius 1 is 0.923 bits per heavy atom. The van der Waals surface area contributed by atoms with E-state index in [-0.39, 0.29) is 0 Å². The van der Waals surface area contributed by atoms with E-state index in [0.29, 0.717) is 16.1 Å². The Kier molecular flexibility index (Phi) is 14.1. The average molecular weight is 402 g/mol. The number of hydrogen-bond acceptors (Lipinski definition) is 5. The van der Waals surface area contributed by atoms with Gasteiger partial charge in [0.05, 0.1) is 11.4 Å². The highest BCUT2D eigenvalue weighted by Crippen LogP contribution is 1.90. The summed E-state index contributed by atoms with van der Waals surface area (Å²) in [7, 11) is 0. The van der Waals surface area contributed by atoms with Gasteiger partial charge in [0.15, 0.2) is 10.2 Å². The Morgan fingerprint density at radius 2 is 1.42 bits per heavy atom. The smallest absolute Gasteiger partial charge is 0.186 e. The standard InChI is InChI=1S/C17H35N7S2/c1-7-24(8-2)11-9-10-18-16(25)22-20-14(5)15(6)21-23-17(26)19-12-13(3)4/h13H,7-12H2,1-6H3,(H2,18,22,25)(H2,19,23,26)/b20-14-,21-15-. The van der Waals surface area contributed by atoms with Crippen LogP contribution in [0.25, 0.3) is 0 Å². The fraction of sp³-hybridized carbons (Fsp3) is 0.765. The quantitative estimate of drug-likeness (QED) is 0.183. The number of nitrogens with one attached hydrogen (secondary N) is 4. The van der Waals surface area contributed by atoms with Gasteiger partial charge in [0.1, 0.15) is 0 Å². The van der Waals surface area contributed by atoms with E-state index in [1.54, 1.807) is 0 Å². The number of hydrogen-bond donors (Lipinski definition) is 4. The van der Waals surface area contributed by atoms with Gasteiger partial charge in [-0.1, -0.05) is 27.7 Å². The van der Waals surface area contributed by atoms with E-state index in [9.17, 15) is 0 Å². The van der Waals surface area contributed by atoms with Crippen LogP contribution in [-0.2, 0) is 0 Å². The van der Waals surface area contributed by atoms with Crippen LogP contribution in [0, 0.1) is 5.92 Å². The largest absolute Gasteiger partial charge is 0.361 e. The molecule has 0 atom stereocenters. The highest BCUT2D eigenvalue weighted by atomic mass is 32.1. The van der Waals surface area contributed by atoms with Crippen LogP contribution < -0.4 is 21.5 Å². The molecule has 26 heavy (non-hydrogen) atoms. The molecule has 7 nitrogen and oxygen atoms in total. The Bertz CT molecular complexity index is 486. The van der Waals surface area contributed by atoms with Crippen molar-refractivity contribution in [2.75, 3.05) is 32.7 Å². The van der Waals surface area contributed by atoms with Gasteiger partial charge in [-0.25, -0.2) is 0 Å². The molecule has 0 saturated carbocycles. The third kappa shape index (κ3) is 13.0. The van der Waals surface area contributed by atoms with Gasteiger partial charge >= 0.3 is 0 Å². The van der Waals surface area contributed by atoms with Gasteiger partial charge < -0.3 is 15.5 Å². The predicted octanol–water partition coefficient (Wildman–Crippen LogP) is 2.05. The molecule has 150 valence electrons. The van der Waals surface area contributed by atoms with Crippen LogP contribution in [-0.4, -0.2) is 59.3 Å². The molecule has 4 N–H and O–H groups in total. The van der Waals surface area contributed by atoms with E-state index >= 15 is 0 Å². The van der Waals surface area contributed by atoms with E-state index in [2.05, 4.69) is 64.3 Å². The van der Waals surface area contributed by atoms with Crippen molar-refractivity contribution in [2.24, 2.45) is 16.1 Å². The Morgan fingerprint density at radius 3 is 1.88 bits per heavy atom. The van der Waals surface area contributed by atoms with Gasteiger partial charge in [0.25, 0.3) is 0 Å². The van der Waals surface area contributed by atoms with Crippen LogP contribution in [0.15, 0.2) is 10.2 Å². The molecule has 0 rings (SSSR count). The number of nitrogens with zero attached hydrogens (tertiary/aromatic N) is 3. The van der Waals surface area contributed by atoms with E-state index in [1.165, 1.54) is 0 Å². The molecule has 9 heteroatoms. The molecule has 0 amide bonds. The van der Waals surface area contributed by atoms with Crippen molar-refractivity contribution in [3.05, 3.63) is 0 Å².